The van der Waals surface area contributed by atoms with Crippen LogP contribution in [0.5, 0.6) is 0 Å². The number of aliphatic hydroxyl groups excluding tert-OH is 1. The van der Waals surface area contributed by atoms with E-state index in [-0.39, 0.29) is 24.5 Å². The lowest BCUT2D eigenvalue weighted by Gasteiger charge is -2.62. The number of amides is 1. The molecule has 1 N–H and O–H groups in total. The van der Waals surface area contributed by atoms with Crippen molar-refractivity contribution >= 4 is 33.9 Å². The monoisotopic (exact) mass is 521 g/mol. The van der Waals surface area contributed by atoms with Gasteiger partial charge in [-0.05, 0) is 50.7 Å². The van der Waals surface area contributed by atoms with Gasteiger partial charge in [-0.3, -0.25) is 19.2 Å². The largest absolute Gasteiger partial charge is 0.449 e. The first-order chi connectivity index (χ1) is 16.7. The maximum Gasteiger partial charge on any atom is 0.306 e. The number of halogens is 1. The molecule has 0 bridgehead atoms. The van der Waals surface area contributed by atoms with Gasteiger partial charge in [0.05, 0.1) is 6.10 Å². The Hall–Kier alpha value is -2.00. The summed E-state index contributed by atoms with van der Waals surface area (Å²) in [5.41, 5.74) is -5.30. The van der Waals surface area contributed by atoms with Gasteiger partial charge in [0.1, 0.15) is 0 Å². The molecule has 0 radical (unpaired) electrons. The van der Waals surface area contributed by atoms with Crippen molar-refractivity contribution in [3.63, 3.8) is 0 Å². The number of allylic oxidation sites excluding steroid dienone is 4. The summed E-state index contributed by atoms with van der Waals surface area (Å²) in [7, 11) is 3.07. The quantitative estimate of drug-likeness (QED) is 0.555. The van der Waals surface area contributed by atoms with Crippen molar-refractivity contribution in [2.45, 2.75) is 77.2 Å². The van der Waals surface area contributed by atoms with E-state index in [2.05, 4.69) is 0 Å². The molecular weight excluding hydrogens is 485 g/mol. The number of fused-ring (bicyclic) bond motifs is 5. The first kappa shape index (κ1) is 27.0. The lowest BCUT2D eigenvalue weighted by atomic mass is 9.45. The highest BCUT2D eigenvalue weighted by atomic mass is 32.2. The number of ketones is 1. The van der Waals surface area contributed by atoms with E-state index >= 15 is 4.39 Å². The second kappa shape index (κ2) is 8.79. The minimum atomic E-state index is -2.06. The molecule has 9 heteroatoms. The van der Waals surface area contributed by atoms with Crippen LogP contribution in [0.3, 0.4) is 0 Å². The summed E-state index contributed by atoms with van der Waals surface area (Å²) in [5.74, 6) is -2.25. The van der Waals surface area contributed by atoms with Crippen LogP contribution in [-0.4, -0.2) is 63.6 Å². The average Bonchev–Trinajstić information content (AvgIpc) is 3.02. The zero-order valence-electron chi connectivity index (χ0n) is 21.8. The topological polar surface area (TPSA) is 101 Å². The van der Waals surface area contributed by atoms with Gasteiger partial charge in [0.25, 0.3) is 5.24 Å². The van der Waals surface area contributed by atoms with Gasteiger partial charge in [-0.25, -0.2) is 4.39 Å². The first-order valence-electron chi connectivity index (χ1n) is 12.7. The Morgan fingerprint density at radius 3 is 2.53 bits per heavy atom. The van der Waals surface area contributed by atoms with Crippen molar-refractivity contribution in [1.29, 1.82) is 0 Å². The summed E-state index contributed by atoms with van der Waals surface area (Å²) >= 11 is 0.499. The van der Waals surface area contributed by atoms with E-state index in [0.717, 1.165) is 0 Å². The van der Waals surface area contributed by atoms with Crippen molar-refractivity contribution in [3.8, 4) is 0 Å². The molecule has 8 atom stereocenters. The number of alkyl halides is 1. The van der Waals surface area contributed by atoms with Gasteiger partial charge in [-0.2, -0.15) is 0 Å². The molecule has 3 saturated carbocycles. The normalized spacial score (nSPS) is 43.1. The standard InChI is InChI=1S/C27H36FNO6S/c1-7-21(32)35-27(22(33)36-23(34)29(5)6)15(2)12-19-18-9-8-16-13-17(30)10-11-24(16,3)26(18,28)20(31)14-25(19,27)4/h10-11,13,15,18-20,31H,7-9,12,14H2,1-6H3/t15-,18-,19-,20-,24-,25-,26-,27-/m0/s1. The molecule has 0 aromatic carbocycles. The predicted molar refractivity (Wildman–Crippen MR) is 134 cm³/mol. The van der Waals surface area contributed by atoms with Crippen LogP contribution in [-0.2, 0) is 19.1 Å². The number of hydrogen-bond acceptors (Lipinski definition) is 7. The number of carbonyl (C=O) groups excluding carboxylic acids is 4. The molecule has 0 heterocycles. The summed E-state index contributed by atoms with van der Waals surface area (Å²) < 4.78 is 23.4. The third kappa shape index (κ3) is 3.41. The highest BCUT2D eigenvalue weighted by Gasteiger charge is 2.77. The minimum Gasteiger partial charge on any atom is -0.449 e. The predicted octanol–water partition coefficient (Wildman–Crippen LogP) is 4.24. The average molecular weight is 522 g/mol. The number of thioether (sulfide) groups is 1. The maximum absolute atomic E-state index is 17.4. The maximum atomic E-state index is 17.4. The molecule has 198 valence electrons. The van der Waals surface area contributed by atoms with Gasteiger partial charge in [-0.1, -0.05) is 32.4 Å². The minimum absolute atomic E-state index is 0.0405. The molecule has 0 spiro atoms. The summed E-state index contributed by atoms with van der Waals surface area (Å²) in [6.45, 7) is 6.98. The Morgan fingerprint density at radius 1 is 1.25 bits per heavy atom. The van der Waals surface area contributed by atoms with Crippen LogP contribution in [0.1, 0.15) is 59.8 Å². The third-order valence-corrected chi connectivity index (χ3v) is 10.6. The van der Waals surface area contributed by atoms with Crippen molar-refractivity contribution < 1.29 is 33.4 Å². The smallest absolute Gasteiger partial charge is 0.306 e. The Kier molecular flexibility index (Phi) is 6.60. The molecule has 0 aromatic rings. The molecule has 0 aromatic heterocycles. The number of esters is 1. The van der Waals surface area contributed by atoms with Crippen LogP contribution in [0, 0.1) is 28.6 Å². The zero-order chi connectivity index (χ0) is 26.8. The van der Waals surface area contributed by atoms with E-state index in [1.54, 1.807) is 26.8 Å². The molecule has 36 heavy (non-hydrogen) atoms. The van der Waals surface area contributed by atoms with Crippen LogP contribution in [0.4, 0.5) is 9.18 Å². The summed E-state index contributed by atoms with van der Waals surface area (Å²) in [4.78, 5) is 52.4. The van der Waals surface area contributed by atoms with E-state index in [9.17, 15) is 24.3 Å². The van der Waals surface area contributed by atoms with Gasteiger partial charge in [0.2, 0.25) is 5.12 Å². The van der Waals surface area contributed by atoms with E-state index in [4.69, 9.17) is 4.74 Å². The fourth-order valence-corrected chi connectivity index (χ4v) is 8.69. The lowest BCUT2D eigenvalue weighted by Crippen LogP contribution is -2.69. The molecule has 0 saturated heterocycles. The van der Waals surface area contributed by atoms with Crippen LogP contribution in [0.15, 0.2) is 23.8 Å². The molecular formula is C27H36FNO6S. The van der Waals surface area contributed by atoms with Gasteiger partial charge >= 0.3 is 5.97 Å². The van der Waals surface area contributed by atoms with E-state index in [0.29, 0.717) is 36.6 Å². The van der Waals surface area contributed by atoms with Crippen LogP contribution in [0.25, 0.3) is 0 Å². The number of aliphatic hydroxyl groups is 1. The Bertz CT molecular complexity index is 1070. The number of ether oxygens (including phenoxy) is 1. The fraction of sp³-hybridized carbons (Fsp3) is 0.704. The Balaban J connectivity index is 1.83. The van der Waals surface area contributed by atoms with Crippen LogP contribution < -0.4 is 0 Å². The first-order valence-corrected chi connectivity index (χ1v) is 13.5. The summed E-state index contributed by atoms with van der Waals surface area (Å²) in [6.07, 6.45) is 4.21. The van der Waals surface area contributed by atoms with Crippen LogP contribution in [0.2, 0.25) is 0 Å². The second-order valence-corrected chi connectivity index (χ2v) is 12.4. The van der Waals surface area contributed by atoms with Crippen LogP contribution >= 0.6 is 11.8 Å². The van der Waals surface area contributed by atoms with E-state index in [1.165, 1.54) is 31.1 Å². The molecule has 1 amide bonds. The molecule has 3 fully saturated rings. The number of nitrogens with zero attached hydrogens (tertiary/aromatic N) is 1. The van der Waals surface area contributed by atoms with Gasteiger partial charge in [-0.15, -0.1) is 0 Å². The Morgan fingerprint density at radius 2 is 1.92 bits per heavy atom. The fourth-order valence-electron chi connectivity index (χ4n) is 7.72. The van der Waals surface area contributed by atoms with Gasteiger partial charge in [0.15, 0.2) is 17.1 Å². The highest BCUT2D eigenvalue weighted by molar-refractivity contribution is 8.26. The number of rotatable bonds is 3. The molecule has 4 aliphatic rings. The molecule has 7 nitrogen and oxygen atoms in total. The van der Waals surface area contributed by atoms with Crippen molar-refractivity contribution in [2.75, 3.05) is 14.1 Å². The SMILES string of the molecule is CCC(=O)O[C@]1(C(=O)SC(=O)N(C)C)[C@@H](C)C[C@H]2[C@@H]3CCC4=CC(=O)C=C[C@]4(C)[C@@]3(F)[C@@H](O)C[C@@]21C. The summed E-state index contributed by atoms with van der Waals surface area (Å²) in [6, 6.07) is 0. The third-order valence-electron chi connectivity index (χ3n) is 9.59. The number of carbonyl (C=O) groups is 4. The molecule has 4 rings (SSSR count). The molecule has 0 unspecified atom stereocenters. The Labute approximate surface area is 215 Å². The van der Waals surface area contributed by atoms with E-state index < -0.39 is 56.4 Å². The number of hydrogen-bond donors (Lipinski definition) is 1. The molecule has 0 aliphatic heterocycles. The van der Waals surface area contributed by atoms with Gasteiger partial charge in [0, 0.05) is 54.9 Å². The van der Waals surface area contributed by atoms with Crippen molar-refractivity contribution in [1.82, 2.24) is 4.90 Å². The zero-order valence-corrected chi connectivity index (χ0v) is 22.6. The highest BCUT2D eigenvalue weighted by Crippen LogP contribution is 2.71. The van der Waals surface area contributed by atoms with Crippen molar-refractivity contribution in [3.05, 3.63) is 23.8 Å². The lowest BCUT2D eigenvalue weighted by molar-refractivity contribution is -0.225. The summed E-state index contributed by atoms with van der Waals surface area (Å²) in [5, 5.41) is 10.5. The second-order valence-electron chi connectivity index (χ2n) is 11.5. The van der Waals surface area contributed by atoms with Crippen molar-refractivity contribution in [2.24, 2.45) is 28.6 Å². The van der Waals surface area contributed by atoms with Gasteiger partial charge < -0.3 is 14.7 Å². The van der Waals surface area contributed by atoms with E-state index in [1.807, 2.05) is 6.92 Å². The molecule has 4 aliphatic carbocycles.